The van der Waals surface area contributed by atoms with Gasteiger partial charge in [0, 0.05) is 10.4 Å². The summed E-state index contributed by atoms with van der Waals surface area (Å²) in [6, 6.07) is 30.7. The fourth-order valence-corrected chi connectivity index (χ4v) is 3.80. The fourth-order valence-electron chi connectivity index (χ4n) is 3.80. The summed E-state index contributed by atoms with van der Waals surface area (Å²) in [5.74, 6) is 0. The van der Waals surface area contributed by atoms with Crippen LogP contribution in [0.25, 0.3) is 43.8 Å². The molecule has 0 heterocycles. The Kier molecular flexibility index (Phi) is 4.69. The van der Waals surface area contributed by atoms with Crippen LogP contribution < -0.4 is 10.4 Å². The molecule has 0 spiro atoms. The third kappa shape index (κ3) is 2.83. The van der Waals surface area contributed by atoms with E-state index < -0.39 is 0 Å². The molecule has 0 radical (unpaired) electrons. The van der Waals surface area contributed by atoms with Crippen LogP contribution in [-0.4, -0.2) is 0 Å². The number of hydrogen-bond donors (Lipinski definition) is 0. The van der Waals surface area contributed by atoms with Crippen molar-refractivity contribution in [1.29, 1.82) is 21.0 Å². The maximum atomic E-state index is 9.64. The van der Waals surface area contributed by atoms with Gasteiger partial charge in [0.05, 0.1) is 0 Å². The number of nitriles is 4. The van der Waals surface area contributed by atoms with Gasteiger partial charge in [0.15, 0.2) is 0 Å². The monoisotopic (exact) mass is 380 g/mol. The molecular formula is C26H12N4. The minimum atomic E-state index is -0.0107. The van der Waals surface area contributed by atoms with Gasteiger partial charge >= 0.3 is 0 Å². The maximum Gasteiger partial charge on any atom is 0.138 e. The highest BCUT2D eigenvalue weighted by atomic mass is 14.3. The summed E-state index contributed by atoms with van der Waals surface area (Å²) in [7, 11) is 0. The van der Waals surface area contributed by atoms with Gasteiger partial charge < -0.3 is 0 Å². The van der Waals surface area contributed by atoms with Crippen LogP contribution in [0, 0.1) is 45.3 Å². The summed E-state index contributed by atoms with van der Waals surface area (Å²) in [5, 5.41) is 42.1. The van der Waals surface area contributed by atoms with Crippen LogP contribution in [0.4, 0.5) is 0 Å². The molecule has 0 aliphatic rings. The van der Waals surface area contributed by atoms with E-state index in [0.717, 1.165) is 11.1 Å². The molecule has 0 bridgehead atoms. The molecule has 4 aromatic rings. The zero-order chi connectivity index (χ0) is 21.1. The normalized spacial score (nSPS) is 9.87. The molecule has 0 fully saturated rings. The molecule has 4 heteroatoms. The molecule has 0 amide bonds. The van der Waals surface area contributed by atoms with Crippen molar-refractivity contribution in [1.82, 2.24) is 0 Å². The van der Waals surface area contributed by atoms with Gasteiger partial charge in [-0.3, -0.25) is 0 Å². The maximum absolute atomic E-state index is 9.64. The van der Waals surface area contributed by atoms with Crippen molar-refractivity contribution >= 4 is 32.7 Å². The molecular weight excluding hydrogens is 368 g/mol. The van der Waals surface area contributed by atoms with Crippen LogP contribution >= 0.6 is 0 Å². The van der Waals surface area contributed by atoms with Crippen LogP contribution in [0.1, 0.15) is 0 Å². The van der Waals surface area contributed by atoms with Gasteiger partial charge in [-0.1, -0.05) is 66.7 Å². The lowest BCUT2D eigenvalue weighted by atomic mass is 9.91. The first kappa shape index (κ1) is 18.5. The van der Waals surface area contributed by atoms with Crippen LogP contribution in [0.5, 0.6) is 0 Å². The SMILES string of the molecule is N#CC(C#N)=c1c2ccccc2c(=C(C#N)C#N)c2cc(-c3ccccc3)ccc12. The summed E-state index contributed by atoms with van der Waals surface area (Å²) >= 11 is 0. The minimum absolute atomic E-state index is 0.00863. The molecule has 0 aliphatic carbocycles. The molecule has 30 heavy (non-hydrogen) atoms. The van der Waals surface area contributed by atoms with Crippen LogP contribution in [0.15, 0.2) is 72.8 Å². The molecule has 0 N–H and O–H groups in total. The van der Waals surface area contributed by atoms with Gasteiger partial charge in [-0.2, -0.15) is 21.0 Å². The van der Waals surface area contributed by atoms with E-state index in [0.29, 0.717) is 32.0 Å². The number of rotatable bonds is 1. The predicted molar refractivity (Wildman–Crippen MR) is 115 cm³/mol. The highest BCUT2D eigenvalue weighted by molar-refractivity contribution is 6.06. The predicted octanol–water partition coefficient (Wildman–Crippen LogP) is 4.06. The Hall–Kier alpha value is -4.90. The summed E-state index contributed by atoms with van der Waals surface area (Å²) in [4.78, 5) is 0. The molecule has 0 aromatic heterocycles. The highest BCUT2D eigenvalue weighted by Gasteiger charge is 2.13. The Morgan fingerprint density at radius 1 is 0.467 bits per heavy atom. The van der Waals surface area contributed by atoms with Gasteiger partial charge in [0.2, 0.25) is 0 Å². The van der Waals surface area contributed by atoms with Crippen LogP contribution in [0.3, 0.4) is 0 Å². The molecule has 0 saturated carbocycles. The van der Waals surface area contributed by atoms with Crippen LogP contribution in [0.2, 0.25) is 0 Å². The Balaban J connectivity index is 2.41. The van der Waals surface area contributed by atoms with E-state index in [9.17, 15) is 21.0 Å². The number of benzene rings is 4. The molecule has 136 valence electrons. The van der Waals surface area contributed by atoms with Crippen molar-refractivity contribution in [2.24, 2.45) is 0 Å². The Morgan fingerprint density at radius 2 is 0.933 bits per heavy atom. The molecule has 4 aromatic carbocycles. The summed E-state index contributed by atoms with van der Waals surface area (Å²) in [6.45, 7) is 0. The summed E-state index contributed by atoms with van der Waals surface area (Å²) < 4.78 is 0. The first-order valence-electron chi connectivity index (χ1n) is 9.12. The number of nitrogens with zero attached hydrogens (tertiary/aromatic N) is 4. The first-order valence-corrected chi connectivity index (χ1v) is 9.12. The van der Waals surface area contributed by atoms with Gasteiger partial charge in [-0.15, -0.1) is 0 Å². The van der Waals surface area contributed by atoms with Gasteiger partial charge in [0.25, 0.3) is 0 Å². The fraction of sp³-hybridized carbons (Fsp3) is 0. The van der Waals surface area contributed by atoms with Crippen molar-refractivity contribution in [2.75, 3.05) is 0 Å². The molecule has 0 unspecified atom stereocenters. The van der Waals surface area contributed by atoms with Gasteiger partial charge in [0.1, 0.15) is 35.4 Å². The third-order valence-corrected chi connectivity index (χ3v) is 5.08. The van der Waals surface area contributed by atoms with Crippen molar-refractivity contribution in [3.8, 4) is 35.4 Å². The lowest BCUT2D eigenvalue weighted by Gasteiger charge is -2.10. The van der Waals surface area contributed by atoms with E-state index in [4.69, 9.17) is 0 Å². The standard InChI is InChI=1S/C26H12N4/c27-13-19(14-28)25-21-8-4-5-9-22(21)26(20(15-29)16-30)24-12-18(10-11-23(24)25)17-6-2-1-3-7-17/h1-12H. The van der Waals surface area contributed by atoms with Crippen molar-refractivity contribution < 1.29 is 0 Å². The van der Waals surface area contributed by atoms with E-state index in [1.807, 2.05) is 91.0 Å². The molecule has 0 saturated heterocycles. The third-order valence-electron chi connectivity index (χ3n) is 5.08. The second kappa shape index (κ2) is 7.61. The van der Waals surface area contributed by atoms with Gasteiger partial charge in [-0.05, 0) is 38.7 Å². The van der Waals surface area contributed by atoms with E-state index in [2.05, 4.69) is 0 Å². The van der Waals surface area contributed by atoms with E-state index >= 15 is 0 Å². The van der Waals surface area contributed by atoms with E-state index in [1.54, 1.807) is 6.07 Å². The van der Waals surface area contributed by atoms with Crippen molar-refractivity contribution in [2.45, 2.75) is 0 Å². The lowest BCUT2D eigenvalue weighted by Crippen LogP contribution is -2.18. The zero-order valence-electron chi connectivity index (χ0n) is 15.7. The average Bonchev–Trinajstić information content (AvgIpc) is 2.81. The van der Waals surface area contributed by atoms with Crippen molar-refractivity contribution in [3.63, 3.8) is 0 Å². The Bertz CT molecular complexity index is 1590. The van der Waals surface area contributed by atoms with E-state index in [-0.39, 0.29) is 11.1 Å². The first-order chi connectivity index (χ1) is 14.7. The largest absolute Gasteiger partial charge is 0.192 e. The van der Waals surface area contributed by atoms with E-state index in [1.165, 1.54) is 0 Å². The molecule has 0 atom stereocenters. The smallest absolute Gasteiger partial charge is 0.138 e. The summed E-state index contributed by atoms with van der Waals surface area (Å²) in [6.07, 6.45) is 0. The number of hydrogen-bond acceptors (Lipinski definition) is 4. The molecule has 0 aliphatic heterocycles. The topological polar surface area (TPSA) is 95.2 Å². The highest BCUT2D eigenvalue weighted by Crippen LogP contribution is 2.24. The van der Waals surface area contributed by atoms with Gasteiger partial charge in [-0.25, -0.2) is 0 Å². The van der Waals surface area contributed by atoms with Crippen LogP contribution in [-0.2, 0) is 0 Å². The average molecular weight is 380 g/mol. The zero-order valence-corrected chi connectivity index (χ0v) is 15.7. The molecule has 4 nitrogen and oxygen atoms in total. The second-order valence-corrected chi connectivity index (χ2v) is 6.62. The molecule has 4 rings (SSSR count). The minimum Gasteiger partial charge on any atom is -0.192 e. The quantitative estimate of drug-likeness (QED) is 0.465. The number of fused-ring (bicyclic) bond motifs is 2. The Morgan fingerprint density at radius 3 is 1.47 bits per heavy atom. The second-order valence-electron chi connectivity index (χ2n) is 6.62. The lowest BCUT2D eigenvalue weighted by molar-refractivity contribution is 1.50. The van der Waals surface area contributed by atoms with Crippen molar-refractivity contribution in [3.05, 3.63) is 83.2 Å². The Labute approximate surface area is 172 Å². The summed E-state index contributed by atoms with van der Waals surface area (Å²) in [5.41, 5.74) is 1.88.